The first kappa shape index (κ1) is 14.5. The predicted molar refractivity (Wildman–Crippen MR) is 99.1 cm³/mol. The van der Waals surface area contributed by atoms with Crippen molar-refractivity contribution in [3.05, 3.63) is 42.4 Å². The summed E-state index contributed by atoms with van der Waals surface area (Å²) in [5.41, 5.74) is 4.26. The molecule has 0 aliphatic heterocycles. The quantitative estimate of drug-likeness (QED) is 0.580. The number of aromatic nitrogens is 5. The number of anilines is 2. The zero-order valence-corrected chi connectivity index (χ0v) is 14.2. The summed E-state index contributed by atoms with van der Waals surface area (Å²) in [5.74, 6) is 0.632. The summed E-state index contributed by atoms with van der Waals surface area (Å²) >= 11 is 0. The van der Waals surface area contributed by atoms with Crippen molar-refractivity contribution in [2.75, 3.05) is 5.32 Å². The first-order valence-electron chi connectivity index (χ1n) is 8.82. The fourth-order valence-corrected chi connectivity index (χ4v) is 3.86. The molecular formula is C19H20N6. The van der Waals surface area contributed by atoms with Gasteiger partial charge in [0.1, 0.15) is 5.65 Å². The molecule has 1 aromatic carbocycles. The number of hydrogen-bond acceptors (Lipinski definition) is 4. The number of aryl methyl sites for hydroxylation is 1. The summed E-state index contributed by atoms with van der Waals surface area (Å²) < 4.78 is 2.35. The van der Waals surface area contributed by atoms with Crippen molar-refractivity contribution in [1.82, 2.24) is 24.7 Å². The number of hydrogen-bond donors (Lipinski definition) is 2. The predicted octanol–water partition coefficient (Wildman–Crippen LogP) is 4.47. The molecule has 0 radical (unpaired) electrons. The molecule has 0 bridgehead atoms. The Hall–Kier alpha value is -2.89. The van der Waals surface area contributed by atoms with Crippen LogP contribution in [0.25, 0.3) is 21.9 Å². The normalized spacial score (nSPS) is 15.4. The van der Waals surface area contributed by atoms with E-state index in [1.165, 1.54) is 31.2 Å². The number of rotatable bonds is 3. The molecule has 2 N–H and O–H groups in total. The average molecular weight is 332 g/mol. The molecule has 1 aliphatic rings. The van der Waals surface area contributed by atoms with Gasteiger partial charge in [-0.25, -0.2) is 4.98 Å². The number of aromatic amines is 1. The van der Waals surface area contributed by atoms with Crippen LogP contribution < -0.4 is 5.32 Å². The molecule has 0 atom stereocenters. The van der Waals surface area contributed by atoms with Crippen LogP contribution in [-0.2, 0) is 0 Å². The third kappa shape index (κ3) is 2.45. The van der Waals surface area contributed by atoms with Crippen molar-refractivity contribution >= 4 is 33.6 Å². The van der Waals surface area contributed by atoms with Gasteiger partial charge in [-0.05, 0) is 43.5 Å². The Morgan fingerprint density at radius 1 is 1.20 bits per heavy atom. The molecule has 0 saturated heterocycles. The fourth-order valence-electron chi connectivity index (χ4n) is 3.86. The molecule has 126 valence electrons. The van der Waals surface area contributed by atoms with Crippen LogP contribution in [-0.4, -0.2) is 24.7 Å². The van der Waals surface area contributed by atoms with Crippen molar-refractivity contribution < 1.29 is 0 Å². The van der Waals surface area contributed by atoms with Crippen molar-refractivity contribution in [1.29, 1.82) is 0 Å². The average Bonchev–Trinajstić information content (AvgIpc) is 3.34. The number of nitrogens with one attached hydrogen (secondary N) is 2. The molecule has 5 rings (SSSR count). The van der Waals surface area contributed by atoms with Crippen LogP contribution in [0.1, 0.15) is 37.3 Å². The Labute approximate surface area is 145 Å². The SMILES string of the molecule is Cc1cn(C2CCCC2)c2nc(Nc3ccc4[nH]ncc4c3)ncc12. The third-order valence-corrected chi connectivity index (χ3v) is 5.19. The van der Waals surface area contributed by atoms with Crippen molar-refractivity contribution in [3.8, 4) is 0 Å². The first-order valence-corrected chi connectivity index (χ1v) is 8.82. The molecule has 0 unspecified atom stereocenters. The topological polar surface area (TPSA) is 71.4 Å². The number of fused-ring (bicyclic) bond motifs is 2. The van der Waals surface area contributed by atoms with Gasteiger partial charge >= 0.3 is 0 Å². The summed E-state index contributed by atoms with van der Waals surface area (Å²) in [4.78, 5) is 9.33. The zero-order valence-electron chi connectivity index (χ0n) is 14.2. The van der Waals surface area contributed by atoms with Gasteiger partial charge in [0.05, 0.1) is 11.7 Å². The second kappa shape index (κ2) is 5.58. The Kier molecular flexibility index (Phi) is 3.23. The van der Waals surface area contributed by atoms with E-state index >= 15 is 0 Å². The van der Waals surface area contributed by atoms with Crippen molar-refractivity contribution in [2.45, 2.75) is 38.6 Å². The lowest BCUT2D eigenvalue weighted by Crippen LogP contribution is -2.05. The lowest BCUT2D eigenvalue weighted by molar-refractivity contribution is 0.532. The minimum absolute atomic E-state index is 0.571. The number of nitrogens with zero attached hydrogens (tertiary/aromatic N) is 4. The van der Waals surface area contributed by atoms with E-state index in [1.807, 2.05) is 30.6 Å². The minimum Gasteiger partial charge on any atom is -0.329 e. The molecular weight excluding hydrogens is 312 g/mol. The summed E-state index contributed by atoms with van der Waals surface area (Å²) in [6, 6.07) is 6.64. The van der Waals surface area contributed by atoms with Gasteiger partial charge in [-0.3, -0.25) is 5.10 Å². The van der Waals surface area contributed by atoms with Gasteiger partial charge in [0, 0.05) is 34.9 Å². The summed E-state index contributed by atoms with van der Waals surface area (Å²) in [6.07, 6.45) is 11.1. The van der Waals surface area contributed by atoms with Gasteiger partial charge in [-0.15, -0.1) is 0 Å². The van der Waals surface area contributed by atoms with Gasteiger partial charge in [-0.2, -0.15) is 10.1 Å². The van der Waals surface area contributed by atoms with Crippen molar-refractivity contribution in [3.63, 3.8) is 0 Å². The molecule has 0 amide bonds. The van der Waals surface area contributed by atoms with E-state index in [9.17, 15) is 0 Å². The Bertz CT molecular complexity index is 1050. The van der Waals surface area contributed by atoms with Crippen LogP contribution in [0.2, 0.25) is 0 Å². The van der Waals surface area contributed by atoms with E-state index in [0.29, 0.717) is 12.0 Å². The van der Waals surface area contributed by atoms with Crippen LogP contribution in [0.15, 0.2) is 36.8 Å². The van der Waals surface area contributed by atoms with E-state index in [-0.39, 0.29) is 0 Å². The highest BCUT2D eigenvalue weighted by Gasteiger charge is 2.20. The van der Waals surface area contributed by atoms with Crippen LogP contribution in [0.4, 0.5) is 11.6 Å². The van der Waals surface area contributed by atoms with Gasteiger partial charge in [0.2, 0.25) is 5.95 Å². The van der Waals surface area contributed by atoms with Gasteiger partial charge < -0.3 is 9.88 Å². The smallest absolute Gasteiger partial charge is 0.229 e. The third-order valence-electron chi connectivity index (χ3n) is 5.19. The molecule has 6 nitrogen and oxygen atoms in total. The molecule has 4 aromatic rings. The molecule has 25 heavy (non-hydrogen) atoms. The second-order valence-electron chi connectivity index (χ2n) is 6.89. The maximum atomic E-state index is 4.82. The molecule has 3 heterocycles. The monoisotopic (exact) mass is 332 g/mol. The van der Waals surface area contributed by atoms with E-state index in [2.05, 4.69) is 38.2 Å². The van der Waals surface area contributed by atoms with Gasteiger partial charge in [0.25, 0.3) is 0 Å². The van der Waals surface area contributed by atoms with Crippen molar-refractivity contribution in [2.24, 2.45) is 0 Å². The highest BCUT2D eigenvalue weighted by Crippen LogP contribution is 2.33. The van der Waals surface area contributed by atoms with Crippen LogP contribution in [0.3, 0.4) is 0 Å². The fraction of sp³-hybridized carbons (Fsp3) is 0.316. The Morgan fingerprint density at radius 3 is 2.96 bits per heavy atom. The summed E-state index contributed by atoms with van der Waals surface area (Å²) in [7, 11) is 0. The van der Waals surface area contributed by atoms with E-state index < -0.39 is 0 Å². The highest BCUT2D eigenvalue weighted by atomic mass is 15.2. The maximum absolute atomic E-state index is 4.82. The molecule has 6 heteroatoms. The molecule has 0 spiro atoms. The summed E-state index contributed by atoms with van der Waals surface area (Å²) in [5, 5.41) is 12.6. The lowest BCUT2D eigenvalue weighted by Gasteiger charge is -2.13. The van der Waals surface area contributed by atoms with E-state index in [4.69, 9.17) is 4.98 Å². The van der Waals surface area contributed by atoms with Crippen LogP contribution >= 0.6 is 0 Å². The highest BCUT2D eigenvalue weighted by molar-refractivity contribution is 5.83. The van der Waals surface area contributed by atoms with Crippen LogP contribution in [0.5, 0.6) is 0 Å². The van der Waals surface area contributed by atoms with Crippen LogP contribution in [0, 0.1) is 6.92 Å². The lowest BCUT2D eigenvalue weighted by atomic mass is 10.2. The minimum atomic E-state index is 0.571. The second-order valence-corrected chi connectivity index (χ2v) is 6.89. The van der Waals surface area contributed by atoms with Gasteiger partial charge in [0.15, 0.2) is 0 Å². The number of benzene rings is 1. The first-order chi connectivity index (χ1) is 12.3. The largest absolute Gasteiger partial charge is 0.329 e. The van der Waals surface area contributed by atoms with E-state index in [1.54, 1.807) is 0 Å². The molecule has 3 aromatic heterocycles. The molecule has 1 aliphatic carbocycles. The Morgan fingerprint density at radius 2 is 2.08 bits per heavy atom. The van der Waals surface area contributed by atoms with E-state index in [0.717, 1.165) is 27.6 Å². The Balaban J connectivity index is 1.53. The summed E-state index contributed by atoms with van der Waals surface area (Å²) in [6.45, 7) is 2.14. The number of H-pyrrole nitrogens is 1. The molecule has 1 saturated carbocycles. The molecule has 1 fully saturated rings. The standard InChI is InChI=1S/C19H20N6/c1-12-11-25(15-4-2-3-5-15)18-16(12)10-20-19(23-18)22-14-6-7-17-13(8-14)9-21-24-17/h6-11,15H,2-5H2,1H3,(H,21,24)(H,20,22,23). The van der Waals surface area contributed by atoms with Gasteiger partial charge in [-0.1, -0.05) is 12.8 Å². The maximum Gasteiger partial charge on any atom is 0.229 e. The zero-order chi connectivity index (χ0) is 16.8.